The maximum absolute atomic E-state index is 4.75. The van der Waals surface area contributed by atoms with Crippen molar-refractivity contribution in [3.63, 3.8) is 0 Å². The second-order valence-electron chi connectivity index (χ2n) is 5.90. The molecule has 1 fully saturated rings. The van der Waals surface area contributed by atoms with Crippen LogP contribution in [0.25, 0.3) is 22.4 Å². The average molecular weight is 278 g/mol. The Morgan fingerprint density at radius 2 is 1.86 bits per heavy atom. The van der Waals surface area contributed by atoms with Crippen LogP contribution in [0.1, 0.15) is 24.1 Å². The van der Waals surface area contributed by atoms with Gasteiger partial charge in [0.25, 0.3) is 0 Å². The lowest BCUT2D eigenvalue weighted by Crippen LogP contribution is -2.05. The summed E-state index contributed by atoms with van der Waals surface area (Å²) in [5.74, 6) is 1.72. The van der Waals surface area contributed by atoms with E-state index >= 15 is 0 Å². The van der Waals surface area contributed by atoms with E-state index in [0.29, 0.717) is 6.04 Å². The minimum absolute atomic E-state index is 0.573. The van der Waals surface area contributed by atoms with Crippen LogP contribution in [-0.4, -0.2) is 21.0 Å². The Hall–Kier alpha value is -2.36. The SMILES string of the molecule is Cc1ccc(-c2nc(NC3CC3)c3cc(C)[nH]c3n2)cc1. The molecule has 0 aliphatic heterocycles. The Kier molecular flexibility index (Phi) is 2.70. The fourth-order valence-corrected chi connectivity index (χ4v) is 2.50. The lowest BCUT2D eigenvalue weighted by Gasteiger charge is -2.08. The predicted octanol–water partition coefficient (Wildman–Crippen LogP) is 3.82. The number of hydrogen-bond acceptors (Lipinski definition) is 3. The van der Waals surface area contributed by atoms with Gasteiger partial charge in [0.15, 0.2) is 5.82 Å². The van der Waals surface area contributed by atoms with Gasteiger partial charge in [0.1, 0.15) is 11.5 Å². The Balaban J connectivity index is 1.86. The van der Waals surface area contributed by atoms with E-state index in [-0.39, 0.29) is 0 Å². The maximum Gasteiger partial charge on any atom is 0.163 e. The molecular formula is C17H18N4. The molecule has 0 radical (unpaired) electrons. The molecule has 0 spiro atoms. The monoisotopic (exact) mass is 278 g/mol. The fraction of sp³-hybridized carbons (Fsp3) is 0.294. The Morgan fingerprint density at radius 3 is 2.57 bits per heavy atom. The molecule has 1 saturated carbocycles. The molecule has 1 aliphatic carbocycles. The van der Waals surface area contributed by atoms with E-state index in [1.165, 1.54) is 18.4 Å². The van der Waals surface area contributed by atoms with Crippen molar-refractivity contribution in [2.24, 2.45) is 0 Å². The number of aromatic amines is 1. The van der Waals surface area contributed by atoms with E-state index < -0.39 is 0 Å². The zero-order chi connectivity index (χ0) is 14.4. The zero-order valence-electron chi connectivity index (χ0n) is 12.3. The van der Waals surface area contributed by atoms with Crippen LogP contribution in [0.5, 0.6) is 0 Å². The number of H-pyrrole nitrogens is 1. The molecule has 4 nitrogen and oxygen atoms in total. The molecule has 2 N–H and O–H groups in total. The highest BCUT2D eigenvalue weighted by Gasteiger charge is 2.23. The quantitative estimate of drug-likeness (QED) is 0.766. The Morgan fingerprint density at radius 1 is 1.10 bits per heavy atom. The average Bonchev–Trinajstić information content (AvgIpc) is 3.19. The lowest BCUT2D eigenvalue weighted by molar-refractivity contribution is 1.10. The third-order valence-electron chi connectivity index (χ3n) is 3.85. The summed E-state index contributed by atoms with van der Waals surface area (Å²) in [5, 5.41) is 4.60. The van der Waals surface area contributed by atoms with Crippen molar-refractivity contribution in [3.05, 3.63) is 41.6 Å². The van der Waals surface area contributed by atoms with Crippen molar-refractivity contribution in [2.75, 3.05) is 5.32 Å². The molecule has 2 aromatic heterocycles. The number of hydrogen-bond donors (Lipinski definition) is 2. The number of nitrogens with zero attached hydrogens (tertiary/aromatic N) is 2. The van der Waals surface area contributed by atoms with Gasteiger partial charge in [-0.15, -0.1) is 0 Å². The molecule has 4 heteroatoms. The number of fused-ring (bicyclic) bond motifs is 1. The molecule has 21 heavy (non-hydrogen) atoms. The molecule has 0 unspecified atom stereocenters. The first-order chi connectivity index (χ1) is 10.2. The second kappa shape index (κ2) is 4.58. The van der Waals surface area contributed by atoms with Gasteiger partial charge in [0, 0.05) is 17.3 Å². The minimum atomic E-state index is 0.573. The molecule has 0 atom stereocenters. The largest absolute Gasteiger partial charge is 0.367 e. The highest BCUT2D eigenvalue weighted by atomic mass is 15.1. The fourth-order valence-electron chi connectivity index (χ4n) is 2.50. The van der Waals surface area contributed by atoms with Crippen LogP contribution < -0.4 is 5.32 Å². The summed E-state index contributed by atoms with van der Waals surface area (Å²) in [6.45, 7) is 4.14. The first kappa shape index (κ1) is 12.4. The molecule has 0 amide bonds. The molecule has 1 aromatic carbocycles. The number of aryl methyl sites for hydroxylation is 2. The zero-order valence-corrected chi connectivity index (χ0v) is 12.3. The van der Waals surface area contributed by atoms with E-state index in [4.69, 9.17) is 4.98 Å². The first-order valence-electron chi connectivity index (χ1n) is 7.40. The highest BCUT2D eigenvalue weighted by Crippen LogP contribution is 2.30. The van der Waals surface area contributed by atoms with E-state index in [1.807, 2.05) is 6.92 Å². The van der Waals surface area contributed by atoms with Crippen molar-refractivity contribution in [3.8, 4) is 11.4 Å². The van der Waals surface area contributed by atoms with Gasteiger partial charge in [-0.1, -0.05) is 29.8 Å². The van der Waals surface area contributed by atoms with Crippen molar-refractivity contribution < 1.29 is 0 Å². The van der Waals surface area contributed by atoms with Crippen LogP contribution in [0.15, 0.2) is 30.3 Å². The van der Waals surface area contributed by atoms with Crippen LogP contribution >= 0.6 is 0 Å². The Bertz CT molecular complexity index is 798. The summed E-state index contributed by atoms with van der Waals surface area (Å²) in [4.78, 5) is 12.8. The number of anilines is 1. The summed E-state index contributed by atoms with van der Waals surface area (Å²) < 4.78 is 0. The summed E-state index contributed by atoms with van der Waals surface area (Å²) >= 11 is 0. The number of benzene rings is 1. The topological polar surface area (TPSA) is 53.6 Å². The third kappa shape index (κ3) is 2.37. The van der Waals surface area contributed by atoms with Gasteiger partial charge in [-0.25, -0.2) is 9.97 Å². The van der Waals surface area contributed by atoms with E-state index in [1.54, 1.807) is 0 Å². The van der Waals surface area contributed by atoms with Crippen molar-refractivity contribution in [2.45, 2.75) is 32.7 Å². The van der Waals surface area contributed by atoms with Gasteiger partial charge in [-0.3, -0.25) is 0 Å². The van der Waals surface area contributed by atoms with Gasteiger partial charge in [-0.2, -0.15) is 0 Å². The lowest BCUT2D eigenvalue weighted by atomic mass is 10.1. The highest BCUT2D eigenvalue weighted by molar-refractivity contribution is 5.89. The molecule has 2 heterocycles. The van der Waals surface area contributed by atoms with Crippen LogP contribution in [0.2, 0.25) is 0 Å². The van der Waals surface area contributed by atoms with E-state index in [9.17, 15) is 0 Å². The van der Waals surface area contributed by atoms with Crippen molar-refractivity contribution in [1.29, 1.82) is 0 Å². The van der Waals surface area contributed by atoms with Gasteiger partial charge < -0.3 is 10.3 Å². The normalized spacial score (nSPS) is 14.6. The standard InChI is InChI=1S/C17H18N4/c1-10-3-5-12(6-4-10)15-20-16-14(9-11(2)18-16)17(21-15)19-13-7-8-13/h3-6,9,13H,7-8H2,1-2H3,(H2,18,19,20,21). The van der Waals surface area contributed by atoms with Gasteiger partial charge in [0.05, 0.1) is 5.39 Å². The molecule has 3 aromatic rings. The smallest absolute Gasteiger partial charge is 0.163 e. The molecule has 1 aliphatic rings. The van der Waals surface area contributed by atoms with Crippen LogP contribution in [0.3, 0.4) is 0 Å². The van der Waals surface area contributed by atoms with Gasteiger partial charge in [-0.05, 0) is 32.8 Å². The predicted molar refractivity (Wildman–Crippen MR) is 85.4 cm³/mol. The molecule has 0 bridgehead atoms. The van der Waals surface area contributed by atoms with Crippen LogP contribution in [0, 0.1) is 13.8 Å². The third-order valence-corrected chi connectivity index (χ3v) is 3.85. The van der Waals surface area contributed by atoms with Gasteiger partial charge >= 0.3 is 0 Å². The summed E-state index contributed by atoms with van der Waals surface area (Å²) in [7, 11) is 0. The minimum Gasteiger partial charge on any atom is -0.367 e. The number of nitrogens with one attached hydrogen (secondary N) is 2. The molecule has 0 saturated heterocycles. The maximum atomic E-state index is 4.75. The first-order valence-corrected chi connectivity index (χ1v) is 7.40. The van der Waals surface area contributed by atoms with Gasteiger partial charge in [0.2, 0.25) is 0 Å². The van der Waals surface area contributed by atoms with Crippen LogP contribution in [-0.2, 0) is 0 Å². The second-order valence-corrected chi connectivity index (χ2v) is 5.90. The summed E-state index contributed by atoms with van der Waals surface area (Å²) in [6.07, 6.45) is 2.46. The molecular weight excluding hydrogens is 260 g/mol. The number of rotatable bonds is 3. The van der Waals surface area contributed by atoms with Crippen molar-refractivity contribution in [1.82, 2.24) is 15.0 Å². The van der Waals surface area contributed by atoms with E-state index in [0.717, 1.165) is 33.9 Å². The summed E-state index contributed by atoms with van der Waals surface area (Å²) in [5.41, 5.74) is 4.31. The van der Waals surface area contributed by atoms with Crippen molar-refractivity contribution >= 4 is 16.9 Å². The number of aromatic nitrogens is 3. The molecule has 106 valence electrons. The summed E-state index contributed by atoms with van der Waals surface area (Å²) in [6, 6.07) is 11.0. The Labute approximate surface area is 123 Å². The molecule has 4 rings (SSSR count). The van der Waals surface area contributed by atoms with Crippen LogP contribution in [0.4, 0.5) is 5.82 Å². The van der Waals surface area contributed by atoms with E-state index in [2.05, 4.69) is 52.5 Å².